The summed E-state index contributed by atoms with van der Waals surface area (Å²) >= 11 is 3.42. The molecule has 0 radical (unpaired) electrons. The highest BCUT2D eigenvalue weighted by Gasteiger charge is 2.04. The van der Waals surface area contributed by atoms with Crippen LogP contribution < -0.4 is 10.1 Å². The summed E-state index contributed by atoms with van der Waals surface area (Å²) in [5.74, 6) is 1.88. The van der Waals surface area contributed by atoms with Gasteiger partial charge in [-0.2, -0.15) is 4.98 Å². The number of ether oxygens (including phenoxy) is 1. The van der Waals surface area contributed by atoms with Gasteiger partial charge in [-0.25, -0.2) is 4.98 Å². The van der Waals surface area contributed by atoms with Crippen LogP contribution >= 0.6 is 15.9 Å². The molecule has 5 heteroatoms. The van der Waals surface area contributed by atoms with Crippen molar-refractivity contribution in [2.75, 3.05) is 11.9 Å². The number of aromatic nitrogens is 2. The molecule has 0 spiro atoms. The van der Waals surface area contributed by atoms with Gasteiger partial charge < -0.3 is 10.1 Å². The first kappa shape index (κ1) is 12.8. The second kappa shape index (κ2) is 5.82. The molecule has 0 fully saturated rings. The van der Waals surface area contributed by atoms with Crippen LogP contribution in [-0.2, 0) is 0 Å². The minimum absolute atomic E-state index is 0.530. The maximum Gasteiger partial charge on any atom is 0.225 e. The summed E-state index contributed by atoms with van der Waals surface area (Å²) in [6, 6.07) is 7.63. The Kier molecular flexibility index (Phi) is 4.15. The van der Waals surface area contributed by atoms with E-state index in [0.717, 1.165) is 22.3 Å². The third kappa shape index (κ3) is 3.20. The molecule has 0 bridgehead atoms. The van der Waals surface area contributed by atoms with Gasteiger partial charge in [-0.1, -0.05) is 22.0 Å². The van der Waals surface area contributed by atoms with Crippen LogP contribution in [0, 0.1) is 6.92 Å². The molecule has 0 aliphatic rings. The topological polar surface area (TPSA) is 47.0 Å². The zero-order valence-corrected chi connectivity index (χ0v) is 11.9. The summed E-state index contributed by atoms with van der Waals surface area (Å²) in [6.07, 6.45) is 1.67. The lowest BCUT2D eigenvalue weighted by Crippen LogP contribution is -2.02. The Hall–Kier alpha value is -1.62. The first-order valence-electron chi connectivity index (χ1n) is 5.70. The van der Waals surface area contributed by atoms with Crippen LogP contribution in [-0.4, -0.2) is 16.5 Å². The lowest BCUT2D eigenvalue weighted by atomic mass is 10.2. The number of aryl methyl sites for hydroxylation is 1. The van der Waals surface area contributed by atoms with Gasteiger partial charge in [0, 0.05) is 23.3 Å². The fraction of sp³-hybridized carbons (Fsp3) is 0.231. The Bertz CT molecular complexity index is 546. The van der Waals surface area contributed by atoms with Gasteiger partial charge in [-0.3, -0.25) is 0 Å². The summed E-state index contributed by atoms with van der Waals surface area (Å²) in [5.41, 5.74) is 1.06. The van der Waals surface area contributed by atoms with E-state index in [4.69, 9.17) is 4.74 Å². The van der Waals surface area contributed by atoms with Crippen molar-refractivity contribution in [1.82, 2.24) is 9.97 Å². The van der Waals surface area contributed by atoms with Gasteiger partial charge >= 0.3 is 0 Å². The second-order valence-corrected chi connectivity index (χ2v) is 4.68. The summed E-state index contributed by atoms with van der Waals surface area (Å²) in [4.78, 5) is 8.37. The van der Waals surface area contributed by atoms with Gasteiger partial charge in [0.25, 0.3) is 0 Å². The number of hydrogen-bond donors (Lipinski definition) is 1. The summed E-state index contributed by atoms with van der Waals surface area (Å²) in [6.45, 7) is 4.77. The molecule has 1 aromatic carbocycles. The van der Waals surface area contributed by atoms with Crippen molar-refractivity contribution in [3.63, 3.8) is 0 Å². The van der Waals surface area contributed by atoms with E-state index < -0.39 is 0 Å². The normalized spacial score (nSPS) is 10.2. The first-order valence-corrected chi connectivity index (χ1v) is 6.49. The van der Waals surface area contributed by atoms with E-state index in [1.165, 1.54) is 0 Å². The van der Waals surface area contributed by atoms with Crippen molar-refractivity contribution < 1.29 is 4.74 Å². The molecule has 1 N–H and O–H groups in total. The second-order valence-electron chi connectivity index (χ2n) is 3.76. The van der Waals surface area contributed by atoms with Gasteiger partial charge in [0.15, 0.2) is 0 Å². The van der Waals surface area contributed by atoms with Gasteiger partial charge in [0.1, 0.15) is 5.75 Å². The molecule has 94 valence electrons. The third-order valence-corrected chi connectivity index (χ3v) is 2.82. The van der Waals surface area contributed by atoms with Crippen LogP contribution in [0.2, 0.25) is 0 Å². The van der Waals surface area contributed by atoms with Crippen molar-refractivity contribution in [3.8, 4) is 11.6 Å². The molecule has 0 saturated carbocycles. The lowest BCUT2D eigenvalue weighted by molar-refractivity contribution is 0.458. The van der Waals surface area contributed by atoms with Gasteiger partial charge in [-0.15, -0.1) is 0 Å². The fourth-order valence-corrected chi connectivity index (χ4v) is 1.78. The number of nitrogens with one attached hydrogen (secondary N) is 1. The highest BCUT2D eigenvalue weighted by molar-refractivity contribution is 9.10. The number of anilines is 1. The van der Waals surface area contributed by atoms with Crippen molar-refractivity contribution >= 4 is 21.9 Å². The molecule has 0 aliphatic heterocycles. The Morgan fingerprint density at radius 3 is 2.94 bits per heavy atom. The molecule has 4 nitrogen and oxygen atoms in total. The molecular weight excluding hydrogens is 294 g/mol. The van der Waals surface area contributed by atoms with E-state index in [1.54, 1.807) is 12.3 Å². The molecule has 0 aliphatic carbocycles. The molecule has 0 atom stereocenters. The minimum Gasteiger partial charge on any atom is -0.439 e. The van der Waals surface area contributed by atoms with E-state index in [1.807, 2.05) is 32.0 Å². The Labute approximate surface area is 115 Å². The van der Waals surface area contributed by atoms with E-state index in [2.05, 4.69) is 31.2 Å². The van der Waals surface area contributed by atoms with E-state index in [-0.39, 0.29) is 0 Å². The monoisotopic (exact) mass is 307 g/mol. The Morgan fingerprint density at radius 2 is 2.17 bits per heavy atom. The van der Waals surface area contributed by atoms with Crippen LogP contribution in [0.4, 0.5) is 5.95 Å². The predicted molar refractivity (Wildman–Crippen MR) is 75.1 cm³/mol. The maximum absolute atomic E-state index is 5.76. The predicted octanol–water partition coefficient (Wildman–Crippen LogP) is 3.77. The molecule has 1 heterocycles. The molecular formula is C13H14BrN3O. The average molecular weight is 308 g/mol. The van der Waals surface area contributed by atoms with Crippen molar-refractivity contribution in [1.29, 1.82) is 0 Å². The molecule has 1 aromatic heterocycles. The summed E-state index contributed by atoms with van der Waals surface area (Å²) < 4.78 is 6.73. The van der Waals surface area contributed by atoms with Crippen LogP contribution in [0.3, 0.4) is 0 Å². The quantitative estimate of drug-likeness (QED) is 0.934. The summed E-state index contributed by atoms with van der Waals surface area (Å²) in [5, 5.41) is 3.05. The molecule has 2 aromatic rings. The van der Waals surface area contributed by atoms with Crippen molar-refractivity contribution in [2.24, 2.45) is 0 Å². The first-order chi connectivity index (χ1) is 8.69. The van der Waals surface area contributed by atoms with Gasteiger partial charge in [0.2, 0.25) is 11.8 Å². The lowest BCUT2D eigenvalue weighted by Gasteiger charge is -2.09. The van der Waals surface area contributed by atoms with Crippen LogP contribution in [0.15, 0.2) is 34.9 Å². The Morgan fingerprint density at radius 1 is 1.33 bits per heavy atom. The SMILES string of the molecule is CCNc1nccc(Oc2cc(Br)ccc2C)n1. The standard InChI is InChI=1S/C13H14BrN3O/c1-3-15-13-16-7-6-12(17-13)18-11-8-10(14)5-4-9(11)2/h4-8H,3H2,1-2H3,(H,15,16,17). The van der Waals surface area contributed by atoms with Crippen LogP contribution in [0.25, 0.3) is 0 Å². The Balaban J connectivity index is 2.22. The minimum atomic E-state index is 0.530. The number of nitrogens with zero attached hydrogens (tertiary/aromatic N) is 2. The van der Waals surface area contributed by atoms with E-state index in [9.17, 15) is 0 Å². The molecule has 2 rings (SSSR count). The van der Waals surface area contributed by atoms with Gasteiger partial charge in [-0.05, 0) is 31.5 Å². The number of hydrogen-bond acceptors (Lipinski definition) is 4. The maximum atomic E-state index is 5.76. The largest absolute Gasteiger partial charge is 0.439 e. The van der Waals surface area contributed by atoms with E-state index >= 15 is 0 Å². The molecule has 0 unspecified atom stereocenters. The number of benzene rings is 1. The highest BCUT2D eigenvalue weighted by Crippen LogP contribution is 2.27. The number of rotatable bonds is 4. The number of halogens is 1. The van der Waals surface area contributed by atoms with Crippen LogP contribution in [0.5, 0.6) is 11.6 Å². The van der Waals surface area contributed by atoms with E-state index in [0.29, 0.717) is 11.8 Å². The fourth-order valence-electron chi connectivity index (χ4n) is 1.44. The molecule has 0 saturated heterocycles. The zero-order chi connectivity index (χ0) is 13.0. The summed E-state index contributed by atoms with van der Waals surface area (Å²) in [7, 11) is 0. The highest BCUT2D eigenvalue weighted by atomic mass is 79.9. The molecule has 0 amide bonds. The van der Waals surface area contributed by atoms with Crippen molar-refractivity contribution in [3.05, 3.63) is 40.5 Å². The third-order valence-electron chi connectivity index (χ3n) is 2.33. The smallest absolute Gasteiger partial charge is 0.225 e. The average Bonchev–Trinajstić information content (AvgIpc) is 2.35. The van der Waals surface area contributed by atoms with Crippen molar-refractivity contribution in [2.45, 2.75) is 13.8 Å². The molecule has 18 heavy (non-hydrogen) atoms. The van der Waals surface area contributed by atoms with Gasteiger partial charge in [0.05, 0.1) is 0 Å². The zero-order valence-electron chi connectivity index (χ0n) is 10.3. The van der Waals surface area contributed by atoms with Crippen LogP contribution in [0.1, 0.15) is 12.5 Å².